The Hall–Kier alpha value is -1.42. The van der Waals surface area contributed by atoms with E-state index in [4.69, 9.17) is 16.3 Å². The summed E-state index contributed by atoms with van der Waals surface area (Å²) in [5, 5.41) is 4.06. The summed E-state index contributed by atoms with van der Waals surface area (Å²) in [7, 11) is 0. The summed E-state index contributed by atoms with van der Waals surface area (Å²) >= 11 is 6.04. The van der Waals surface area contributed by atoms with E-state index >= 15 is 0 Å². The van der Waals surface area contributed by atoms with Crippen molar-refractivity contribution in [2.24, 2.45) is 0 Å². The Morgan fingerprint density at radius 1 is 1.16 bits per heavy atom. The molecule has 0 spiro atoms. The normalized spacial score (nSPS) is 10.6. The molecule has 3 nitrogen and oxygen atoms in total. The van der Waals surface area contributed by atoms with Gasteiger partial charge in [0.25, 0.3) is 0 Å². The summed E-state index contributed by atoms with van der Waals surface area (Å²) in [6.45, 7) is 2.82. The second-order valence-corrected chi connectivity index (χ2v) is 4.59. The number of pyridine rings is 1. The van der Waals surface area contributed by atoms with Gasteiger partial charge in [0.05, 0.1) is 13.2 Å². The lowest BCUT2D eigenvalue weighted by molar-refractivity contribution is 0.122. The van der Waals surface area contributed by atoms with Crippen LogP contribution in [-0.4, -0.2) is 18.1 Å². The highest BCUT2D eigenvalue weighted by Gasteiger charge is 1.98. The highest BCUT2D eigenvalue weighted by atomic mass is 35.5. The molecule has 0 bridgehead atoms. The van der Waals surface area contributed by atoms with Crippen molar-refractivity contribution in [2.75, 3.05) is 13.2 Å². The summed E-state index contributed by atoms with van der Waals surface area (Å²) in [6.07, 6.45) is 3.63. The Kier molecular flexibility index (Phi) is 5.82. The van der Waals surface area contributed by atoms with E-state index in [-0.39, 0.29) is 0 Å². The van der Waals surface area contributed by atoms with E-state index in [2.05, 4.69) is 10.3 Å². The van der Waals surface area contributed by atoms with E-state index in [1.807, 2.05) is 42.6 Å². The van der Waals surface area contributed by atoms with Crippen molar-refractivity contribution in [3.63, 3.8) is 0 Å². The minimum Gasteiger partial charge on any atom is -0.375 e. The van der Waals surface area contributed by atoms with E-state index in [1.54, 1.807) is 6.20 Å². The van der Waals surface area contributed by atoms with Crippen molar-refractivity contribution in [1.29, 1.82) is 0 Å². The van der Waals surface area contributed by atoms with E-state index in [1.165, 1.54) is 5.56 Å². The number of ether oxygens (including phenoxy) is 1. The maximum absolute atomic E-state index is 6.04. The zero-order valence-corrected chi connectivity index (χ0v) is 11.4. The largest absolute Gasteiger partial charge is 0.375 e. The molecule has 19 heavy (non-hydrogen) atoms. The average molecular weight is 277 g/mol. The van der Waals surface area contributed by atoms with E-state index in [0.29, 0.717) is 13.2 Å². The molecule has 0 aliphatic rings. The number of nitrogens with one attached hydrogen (secondary N) is 1. The summed E-state index contributed by atoms with van der Waals surface area (Å²) in [5.74, 6) is 0. The smallest absolute Gasteiger partial charge is 0.0731 e. The molecule has 0 unspecified atom stereocenters. The van der Waals surface area contributed by atoms with Crippen LogP contribution in [0.4, 0.5) is 0 Å². The SMILES string of the molecule is Clc1ccccc1COCCNCc1cccnc1. The molecule has 100 valence electrons. The van der Waals surface area contributed by atoms with Gasteiger partial charge >= 0.3 is 0 Å². The number of nitrogens with zero attached hydrogens (tertiary/aromatic N) is 1. The van der Waals surface area contributed by atoms with Gasteiger partial charge in [0, 0.05) is 30.5 Å². The monoisotopic (exact) mass is 276 g/mol. The van der Waals surface area contributed by atoms with Crippen molar-refractivity contribution < 1.29 is 4.74 Å². The quantitative estimate of drug-likeness (QED) is 0.790. The van der Waals surface area contributed by atoms with Crippen LogP contribution >= 0.6 is 11.6 Å². The molecule has 2 aromatic rings. The minimum absolute atomic E-state index is 0.550. The number of benzene rings is 1. The Morgan fingerprint density at radius 3 is 2.84 bits per heavy atom. The number of halogens is 1. The van der Waals surface area contributed by atoms with Gasteiger partial charge in [-0.25, -0.2) is 0 Å². The van der Waals surface area contributed by atoms with Crippen LogP contribution in [0.5, 0.6) is 0 Å². The maximum atomic E-state index is 6.04. The van der Waals surface area contributed by atoms with Crippen LogP contribution in [0.2, 0.25) is 5.02 Å². The van der Waals surface area contributed by atoms with Gasteiger partial charge in [0.15, 0.2) is 0 Å². The fourth-order valence-electron chi connectivity index (χ4n) is 1.68. The first-order valence-electron chi connectivity index (χ1n) is 6.27. The molecule has 0 atom stereocenters. The Bertz CT molecular complexity index is 491. The molecule has 0 radical (unpaired) electrons. The van der Waals surface area contributed by atoms with Gasteiger partial charge < -0.3 is 10.1 Å². The van der Waals surface area contributed by atoms with Crippen LogP contribution in [0.25, 0.3) is 0 Å². The first-order valence-corrected chi connectivity index (χ1v) is 6.65. The molecule has 0 fully saturated rings. The second-order valence-electron chi connectivity index (χ2n) is 4.18. The highest BCUT2D eigenvalue weighted by molar-refractivity contribution is 6.31. The lowest BCUT2D eigenvalue weighted by Crippen LogP contribution is -2.19. The third-order valence-electron chi connectivity index (χ3n) is 2.69. The Balaban J connectivity index is 1.59. The number of hydrogen-bond acceptors (Lipinski definition) is 3. The molecule has 1 aromatic carbocycles. The second kappa shape index (κ2) is 7.89. The lowest BCUT2D eigenvalue weighted by atomic mass is 10.2. The standard InChI is InChI=1S/C15H17ClN2O/c16-15-6-2-1-5-14(15)12-19-9-8-18-11-13-4-3-7-17-10-13/h1-7,10,18H,8-9,11-12H2. The third-order valence-corrected chi connectivity index (χ3v) is 3.06. The first-order chi connectivity index (χ1) is 9.36. The summed E-state index contributed by atoms with van der Waals surface area (Å²) < 4.78 is 5.58. The zero-order valence-electron chi connectivity index (χ0n) is 10.7. The van der Waals surface area contributed by atoms with Gasteiger partial charge in [-0.3, -0.25) is 4.98 Å². The van der Waals surface area contributed by atoms with Gasteiger partial charge in [-0.15, -0.1) is 0 Å². The summed E-state index contributed by atoms with van der Waals surface area (Å²) in [6, 6.07) is 11.7. The number of aromatic nitrogens is 1. The van der Waals surface area contributed by atoms with Gasteiger partial charge in [-0.05, 0) is 23.3 Å². The van der Waals surface area contributed by atoms with Crippen LogP contribution in [-0.2, 0) is 17.9 Å². The van der Waals surface area contributed by atoms with Crippen LogP contribution in [0, 0.1) is 0 Å². The summed E-state index contributed by atoms with van der Waals surface area (Å²) in [4.78, 5) is 4.06. The maximum Gasteiger partial charge on any atom is 0.0731 e. The molecule has 0 aliphatic carbocycles. The van der Waals surface area contributed by atoms with Gasteiger partial charge in [-0.1, -0.05) is 35.9 Å². The topological polar surface area (TPSA) is 34.1 Å². The molecule has 4 heteroatoms. The molecule has 0 saturated carbocycles. The fraction of sp³-hybridized carbons (Fsp3) is 0.267. The minimum atomic E-state index is 0.550. The molecular formula is C15H17ClN2O. The first kappa shape index (κ1) is 14.0. The third kappa shape index (κ3) is 4.99. The molecule has 1 aromatic heterocycles. The molecular weight excluding hydrogens is 260 g/mol. The molecule has 0 aliphatic heterocycles. The Morgan fingerprint density at radius 2 is 2.05 bits per heavy atom. The van der Waals surface area contributed by atoms with Crippen LogP contribution in [0.3, 0.4) is 0 Å². The lowest BCUT2D eigenvalue weighted by Gasteiger charge is -2.07. The zero-order chi connectivity index (χ0) is 13.3. The number of rotatable bonds is 7. The molecule has 1 heterocycles. The van der Waals surface area contributed by atoms with Gasteiger partial charge in [-0.2, -0.15) is 0 Å². The Labute approximate surface area is 118 Å². The van der Waals surface area contributed by atoms with E-state index in [9.17, 15) is 0 Å². The molecule has 2 rings (SSSR count). The van der Waals surface area contributed by atoms with Gasteiger partial charge in [0.1, 0.15) is 0 Å². The summed E-state index contributed by atoms with van der Waals surface area (Å²) in [5.41, 5.74) is 2.20. The van der Waals surface area contributed by atoms with Crippen molar-refractivity contribution >= 4 is 11.6 Å². The fourth-order valence-corrected chi connectivity index (χ4v) is 1.87. The average Bonchev–Trinajstić information content (AvgIpc) is 2.45. The van der Waals surface area contributed by atoms with Crippen molar-refractivity contribution in [3.05, 3.63) is 64.9 Å². The van der Waals surface area contributed by atoms with Crippen molar-refractivity contribution in [2.45, 2.75) is 13.2 Å². The van der Waals surface area contributed by atoms with Crippen molar-refractivity contribution in [1.82, 2.24) is 10.3 Å². The van der Waals surface area contributed by atoms with Crippen LogP contribution in [0.1, 0.15) is 11.1 Å². The predicted molar refractivity (Wildman–Crippen MR) is 77.1 cm³/mol. The van der Waals surface area contributed by atoms with E-state index < -0.39 is 0 Å². The van der Waals surface area contributed by atoms with Crippen LogP contribution in [0.15, 0.2) is 48.8 Å². The van der Waals surface area contributed by atoms with E-state index in [0.717, 1.165) is 23.7 Å². The predicted octanol–water partition coefficient (Wildman–Crippen LogP) is 3.04. The molecule has 0 saturated heterocycles. The van der Waals surface area contributed by atoms with Crippen molar-refractivity contribution in [3.8, 4) is 0 Å². The highest BCUT2D eigenvalue weighted by Crippen LogP contribution is 2.15. The van der Waals surface area contributed by atoms with Gasteiger partial charge in [0.2, 0.25) is 0 Å². The number of hydrogen-bond donors (Lipinski definition) is 1. The molecule has 1 N–H and O–H groups in total. The van der Waals surface area contributed by atoms with Crippen LogP contribution < -0.4 is 5.32 Å². The molecule has 0 amide bonds.